The smallest absolute Gasteiger partial charge is 0.129 e. The molecule has 2 rings (SSSR count). The second-order valence-electron chi connectivity index (χ2n) is 5.38. The minimum atomic E-state index is -0.268. The predicted molar refractivity (Wildman–Crippen MR) is 87.5 cm³/mol. The van der Waals surface area contributed by atoms with Gasteiger partial charge in [-0.3, -0.25) is 0 Å². The van der Waals surface area contributed by atoms with Crippen molar-refractivity contribution in [3.05, 3.63) is 69.5 Å². The van der Waals surface area contributed by atoms with Gasteiger partial charge < -0.3 is 5.32 Å². The van der Waals surface area contributed by atoms with Gasteiger partial charge in [0.25, 0.3) is 0 Å². The van der Waals surface area contributed by atoms with E-state index in [0.717, 1.165) is 24.1 Å². The van der Waals surface area contributed by atoms with Crippen LogP contribution in [0, 0.1) is 19.7 Å². The lowest BCUT2D eigenvalue weighted by Gasteiger charge is -2.23. The minimum absolute atomic E-state index is 0.223. The number of aryl methyl sites for hydroxylation is 2. The van der Waals surface area contributed by atoms with Crippen LogP contribution in [0.2, 0.25) is 5.02 Å². The molecular formula is C18H21ClFN. The Kier molecular flexibility index (Phi) is 5.38. The first-order valence-electron chi connectivity index (χ1n) is 7.29. The number of halogens is 2. The zero-order chi connectivity index (χ0) is 15.4. The van der Waals surface area contributed by atoms with Crippen molar-refractivity contribution < 1.29 is 4.39 Å². The monoisotopic (exact) mass is 305 g/mol. The Bertz CT molecular complexity index is 604. The van der Waals surface area contributed by atoms with Gasteiger partial charge >= 0.3 is 0 Å². The Hall–Kier alpha value is -1.38. The third kappa shape index (κ3) is 3.63. The zero-order valence-corrected chi connectivity index (χ0v) is 13.5. The molecule has 0 radical (unpaired) electrons. The standard InChI is InChI=1S/C18H21ClFN/c1-4-10-21-18(14-9-8-12(2)11-13(14)3)17-15(19)6-5-7-16(17)20/h5-9,11,18,21H,4,10H2,1-3H3. The fourth-order valence-electron chi connectivity index (χ4n) is 2.59. The molecule has 0 fully saturated rings. The van der Waals surface area contributed by atoms with Crippen molar-refractivity contribution in [3.8, 4) is 0 Å². The van der Waals surface area contributed by atoms with E-state index in [1.54, 1.807) is 12.1 Å². The third-order valence-electron chi connectivity index (χ3n) is 3.62. The molecule has 0 bridgehead atoms. The number of benzene rings is 2. The first-order valence-corrected chi connectivity index (χ1v) is 7.66. The summed E-state index contributed by atoms with van der Waals surface area (Å²) in [4.78, 5) is 0. The molecule has 0 saturated carbocycles. The van der Waals surface area contributed by atoms with Gasteiger partial charge in [0.05, 0.1) is 6.04 Å². The van der Waals surface area contributed by atoms with E-state index in [0.29, 0.717) is 10.6 Å². The fourth-order valence-corrected chi connectivity index (χ4v) is 2.86. The SMILES string of the molecule is CCCNC(c1ccc(C)cc1C)c1c(F)cccc1Cl. The molecule has 112 valence electrons. The quantitative estimate of drug-likeness (QED) is 0.802. The van der Waals surface area contributed by atoms with Gasteiger partial charge in [0, 0.05) is 10.6 Å². The lowest BCUT2D eigenvalue weighted by molar-refractivity contribution is 0.545. The van der Waals surface area contributed by atoms with Crippen molar-refractivity contribution in [2.75, 3.05) is 6.54 Å². The van der Waals surface area contributed by atoms with Crippen LogP contribution >= 0.6 is 11.6 Å². The number of nitrogens with one attached hydrogen (secondary N) is 1. The number of hydrogen-bond donors (Lipinski definition) is 1. The Morgan fingerprint density at radius 1 is 1.19 bits per heavy atom. The summed E-state index contributed by atoms with van der Waals surface area (Å²) in [5, 5.41) is 3.88. The van der Waals surface area contributed by atoms with Crippen LogP contribution in [-0.4, -0.2) is 6.54 Å². The third-order valence-corrected chi connectivity index (χ3v) is 3.95. The average molecular weight is 306 g/mol. The Balaban J connectivity index is 2.52. The minimum Gasteiger partial charge on any atom is -0.306 e. The molecule has 2 aromatic rings. The topological polar surface area (TPSA) is 12.0 Å². The lowest BCUT2D eigenvalue weighted by atomic mass is 9.93. The van der Waals surface area contributed by atoms with Gasteiger partial charge in [-0.15, -0.1) is 0 Å². The van der Waals surface area contributed by atoms with Crippen LogP contribution in [0.3, 0.4) is 0 Å². The normalized spacial score (nSPS) is 12.4. The highest BCUT2D eigenvalue weighted by Gasteiger charge is 2.21. The lowest BCUT2D eigenvalue weighted by Crippen LogP contribution is -2.25. The van der Waals surface area contributed by atoms with Gasteiger partial charge in [-0.1, -0.05) is 48.4 Å². The summed E-state index contributed by atoms with van der Waals surface area (Å²) in [5.74, 6) is -0.268. The summed E-state index contributed by atoms with van der Waals surface area (Å²) in [7, 11) is 0. The molecule has 21 heavy (non-hydrogen) atoms. The molecule has 0 heterocycles. The van der Waals surface area contributed by atoms with Crippen LogP contribution in [0.15, 0.2) is 36.4 Å². The second kappa shape index (κ2) is 7.06. The second-order valence-corrected chi connectivity index (χ2v) is 5.79. The maximum Gasteiger partial charge on any atom is 0.129 e. The molecule has 0 aliphatic heterocycles. The summed E-state index contributed by atoms with van der Waals surface area (Å²) in [6, 6.07) is 10.8. The van der Waals surface area contributed by atoms with E-state index in [1.165, 1.54) is 11.6 Å². The molecule has 3 heteroatoms. The van der Waals surface area contributed by atoms with E-state index >= 15 is 0 Å². The van der Waals surface area contributed by atoms with Gasteiger partial charge in [-0.25, -0.2) is 4.39 Å². The van der Waals surface area contributed by atoms with Crippen LogP contribution in [0.5, 0.6) is 0 Å². The fraction of sp³-hybridized carbons (Fsp3) is 0.333. The molecule has 1 atom stereocenters. The molecule has 1 nitrogen and oxygen atoms in total. The van der Waals surface area contributed by atoms with Gasteiger partial charge in [-0.2, -0.15) is 0 Å². The van der Waals surface area contributed by atoms with Crippen LogP contribution < -0.4 is 5.32 Å². The van der Waals surface area contributed by atoms with Crippen molar-refractivity contribution >= 4 is 11.6 Å². The molecule has 0 spiro atoms. The van der Waals surface area contributed by atoms with Crippen molar-refractivity contribution in [1.82, 2.24) is 5.32 Å². The first kappa shape index (κ1) is 16.0. The molecule has 0 saturated heterocycles. The molecule has 1 unspecified atom stereocenters. The van der Waals surface area contributed by atoms with E-state index in [4.69, 9.17) is 11.6 Å². The Morgan fingerprint density at radius 3 is 2.57 bits per heavy atom. The summed E-state index contributed by atoms with van der Waals surface area (Å²) < 4.78 is 14.3. The van der Waals surface area contributed by atoms with Crippen LogP contribution in [0.4, 0.5) is 4.39 Å². The maximum absolute atomic E-state index is 14.3. The Morgan fingerprint density at radius 2 is 1.95 bits per heavy atom. The highest BCUT2D eigenvalue weighted by atomic mass is 35.5. The van der Waals surface area contributed by atoms with Gasteiger partial charge in [-0.05, 0) is 50.1 Å². The molecule has 0 amide bonds. The summed E-state index contributed by atoms with van der Waals surface area (Å²) in [5.41, 5.74) is 3.94. The first-order chi connectivity index (χ1) is 10.0. The van der Waals surface area contributed by atoms with E-state index in [1.807, 2.05) is 0 Å². The molecule has 0 aliphatic carbocycles. The molecule has 0 aromatic heterocycles. The van der Waals surface area contributed by atoms with Crippen molar-refractivity contribution in [3.63, 3.8) is 0 Å². The largest absolute Gasteiger partial charge is 0.306 e. The van der Waals surface area contributed by atoms with Crippen LogP contribution in [0.1, 0.15) is 41.6 Å². The van der Waals surface area contributed by atoms with Crippen molar-refractivity contribution in [1.29, 1.82) is 0 Å². The zero-order valence-electron chi connectivity index (χ0n) is 12.7. The van der Waals surface area contributed by atoms with Gasteiger partial charge in [0.15, 0.2) is 0 Å². The molecule has 0 aliphatic rings. The molecule has 1 N–H and O–H groups in total. The maximum atomic E-state index is 14.3. The van der Waals surface area contributed by atoms with Crippen LogP contribution in [0.25, 0.3) is 0 Å². The number of hydrogen-bond acceptors (Lipinski definition) is 1. The van der Waals surface area contributed by atoms with Crippen molar-refractivity contribution in [2.24, 2.45) is 0 Å². The number of rotatable bonds is 5. The van der Waals surface area contributed by atoms with E-state index in [-0.39, 0.29) is 11.9 Å². The summed E-state index contributed by atoms with van der Waals surface area (Å²) in [6.45, 7) is 7.01. The highest BCUT2D eigenvalue weighted by molar-refractivity contribution is 6.31. The summed E-state index contributed by atoms with van der Waals surface area (Å²) in [6.07, 6.45) is 0.980. The van der Waals surface area contributed by atoms with Gasteiger partial charge in [0.2, 0.25) is 0 Å². The van der Waals surface area contributed by atoms with Crippen LogP contribution in [-0.2, 0) is 0 Å². The van der Waals surface area contributed by atoms with Gasteiger partial charge in [0.1, 0.15) is 5.82 Å². The Labute approximate surface area is 131 Å². The summed E-state index contributed by atoms with van der Waals surface area (Å²) >= 11 is 6.26. The van der Waals surface area contributed by atoms with E-state index in [9.17, 15) is 4.39 Å². The average Bonchev–Trinajstić information content (AvgIpc) is 2.43. The highest BCUT2D eigenvalue weighted by Crippen LogP contribution is 2.32. The molecule has 2 aromatic carbocycles. The molecular weight excluding hydrogens is 285 g/mol. The van der Waals surface area contributed by atoms with E-state index < -0.39 is 0 Å². The van der Waals surface area contributed by atoms with E-state index in [2.05, 4.69) is 44.3 Å². The van der Waals surface area contributed by atoms with Crippen molar-refractivity contribution in [2.45, 2.75) is 33.2 Å². The predicted octanol–water partition coefficient (Wildman–Crippen LogP) is 5.18.